The summed E-state index contributed by atoms with van der Waals surface area (Å²) in [4.78, 5) is 19.1. The summed E-state index contributed by atoms with van der Waals surface area (Å²) in [6.07, 6.45) is 7.15. The van der Waals surface area contributed by atoms with E-state index in [1.807, 2.05) is 19.1 Å². The molecule has 28 heavy (non-hydrogen) atoms. The maximum absolute atomic E-state index is 13.0. The van der Waals surface area contributed by atoms with Crippen molar-refractivity contribution in [1.82, 2.24) is 5.32 Å². The van der Waals surface area contributed by atoms with E-state index in [9.17, 15) is 10.1 Å². The highest BCUT2D eigenvalue weighted by Gasteiger charge is 2.20. The minimum Gasteiger partial charge on any atom is -0.378 e. The van der Waals surface area contributed by atoms with Crippen molar-refractivity contribution < 1.29 is 14.6 Å². The number of nitrogens with zero attached hydrogens (tertiary/aromatic N) is 3. The Hall–Kier alpha value is -3.21. The maximum atomic E-state index is 13.0. The summed E-state index contributed by atoms with van der Waals surface area (Å²) < 4.78 is 5.39. The molecule has 0 aromatic heterocycles. The van der Waals surface area contributed by atoms with Crippen LogP contribution in [0.2, 0.25) is 0 Å². The standard InChI is InChI=1S/C21H22N4O3/c1-2-16-12-17(4-5-19(16)23-14-26)24-21(27)18-11-15(13-22)3-6-20(18)25-7-9-28-10-8-25/h2-6,11-12,26H,7-10,14H2,1H3,(H,24,27)/b16-2-,23-19?. The molecule has 1 heterocycles. The van der Waals surface area contributed by atoms with Gasteiger partial charge in [-0.05, 0) is 48.9 Å². The second-order valence-corrected chi connectivity index (χ2v) is 6.26. The molecule has 0 radical (unpaired) electrons. The normalized spacial score (nSPS) is 19.5. The van der Waals surface area contributed by atoms with E-state index in [4.69, 9.17) is 9.84 Å². The summed E-state index contributed by atoms with van der Waals surface area (Å²) in [5.74, 6) is -0.285. The zero-order valence-corrected chi connectivity index (χ0v) is 15.7. The third kappa shape index (κ3) is 4.36. The number of allylic oxidation sites excluding steroid dienone is 5. The second-order valence-electron chi connectivity index (χ2n) is 6.26. The van der Waals surface area contributed by atoms with E-state index in [0.717, 1.165) is 11.3 Å². The third-order valence-electron chi connectivity index (χ3n) is 4.56. The SMILES string of the molecule is C/C=C1/C=C(NC(=O)c2cc(C#N)ccc2N2CCOCC2)C=CC1=NCO. The molecule has 1 aliphatic carbocycles. The van der Waals surface area contributed by atoms with Crippen LogP contribution in [-0.4, -0.2) is 49.8 Å². The zero-order valence-electron chi connectivity index (χ0n) is 15.7. The minimum absolute atomic E-state index is 0.285. The first-order chi connectivity index (χ1) is 13.7. The molecule has 1 aromatic carbocycles. The van der Waals surface area contributed by atoms with Gasteiger partial charge in [0.15, 0.2) is 0 Å². The van der Waals surface area contributed by atoms with Crippen LogP contribution in [0.4, 0.5) is 5.69 Å². The lowest BCUT2D eigenvalue weighted by atomic mass is 10.0. The average Bonchev–Trinajstić information content (AvgIpc) is 2.75. The van der Waals surface area contributed by atoms with Crippen molar-refractivity contribution in [2.45, 2.75) is 6.92 Å². The van der Waals surface area contributed by atoms with E-state index in [2.05, 4.69) is 21.3 Å². The first kappa shape index (κ1) is 19.5. The second kappa shape index (κ2) is 9.13. The van der Waals surface area contributed by atoms with Gasteiger partial charge in [0.05, 0.1) is 36.1 Å². The quantitative estimate of drug-likeness (QED) is 0.834. The minimum atomic E-state index is -0.295. The molecule has 0 bridgehead atoms. The van der Waals surface area contributed by atoms with Gasteiger partial charge in [-0.1, -0.05) is 6.08 Å². The molecule has 0 spiro atoms. The van der Waals surface area contributed by atoms with E-state index >= 15 is 0 Å². The fourth-order valence-corrected chi connectivity index (χ4v) is 3.15. The number of amides is 1. The molecular formula is C21H22N4O3. The fraction of sp³-hybridized carbons (Fsp3) is 0.286. The Bertz CT molecular complexity index is 916. The van der Waals surface area contributed by atoms with Gasteiger partial charge in [-0.15, -0.1) is 0 Å². The number of benzene rings is 1. The molecule has 2 aliphatic rings. The highest BCUT2D eigenvalue weighted by molar-refractivity contribution is 6.12. The Morgan fingerprint density at radius 2 is 2.18 bits per heavy atom. The van der Waals surface area contributed by atoms with Crippen molar-refractivity contribution in [2.75, 3.05) is 37.9 Å². The Morgan fingerprint density at radius 3 is 2.86 bits per heavy atom. The highest BCUT2D eigenvalue weighted by Crippen LogP contribution is 2.24. The average molecular weight is 378 g/mol. The topological polar surface area (TPSA) is 98.0 Å². The monoisotopic (exact) mass is 378 g/mol. The summed E-state index contributed by atoms with van der Waals surface area (Å²) in [7, 11) is 0. The third-order valence-corrected chi connectivity index (χ3v) is 4.56. The van der Waals surface area contributed by atoms with Gasteiger partial charge in [0.25, 0.3) is 5.91 Å². The van der Waals surface area contributed by atoms with Crippen LogP contribution >= 0.6 is 0 Å². The molecule has 0 atom stereocenters. The molecule has 0 saturated carbocycles. The summed E-state index contributed by atoms with van der Waals surface area (Å²) in [6, 6.07) is 7.24. The zero-order chi connectivity index (χ0) is 19.9. The van der Waals surface area contributed by atoms with Crippen molar-refractivity contribution in [3.8, 4) is 6.07 Å². The number of aliphatic hydroxyl groups is 1. The number of nitrogens with one attached hydrogen (secondary N) is 1. The summed E-state index contributed by atoms with van der Waals surface area (Å²) in [5, 5.41) is 21.2. The van der Waals surface area contributed by atoms with Crippen molar-refractivity contribution >= 4 is 17.3 Å². The molecule has 1 fully saturated rings. The van der Waals surface area contributed by atoms with Gasteiger partial charge in [-0.2, -0.15) is 5.26 Å². The smallest absolute Gasteiger partial charge is 0.257 e. The van der Waals surface area contributed by atoms with Crippen LogP contribution in [0.5, 0.6) is 0 Å². The van der Waals surface area contributed by atoms with Crippen LogP contribution in [0, 0.1) is 11.3 Å². The maximum Gasteiger partial charge on any atom is 0.257 e. The van der Waals surface area contributed by atoms with Crippen LogP contribution in [0.15, 0.2) is 58.8 Å². The molecule has 1 saturated heterocycles. The van der Waals surface area contributed by atoms with E-state index in [1.54, 1.807) is 30.4 Å². The van der Waals surface area contributed by atoms with Crippen molar-refractivity contribution in [1.29, 1.82) is 5.26 Å². The van der Waals surface area contributed by atoms with Gasteiger partial charge in [0, 0.05) is 24.5 Å². The predicted molar refractivity (Wildman–Crippen MR) is 107 cm³/mol. The summed E-state index contributed by atoms with van der Waals surface area (Å²) >= 11 is 0. The van der Waals surface area contributed by atoms with E-state index in [-0.39, 0.29) is 12.6 Å². The molecule has 3 rings (SSSR count). The van der Waals surface area contributed by atoms with Crippen molar-refractivity contribution in [3.63, 3.8) is 0 Å². The van der Waals surface area contributed by atoms with Gasteiger partial charge in [0.2, 0.25) is 0 Å². The molecule has 0 unspecified atom stereocenters. The number of aliphatic hydroxyl groups excluding tert-OH is 1. The molecular weight excluding hydrogens is 356 g/mol. The van der Waals surface area contributed by atoms with Crippen molar-refractivity contribution in [3.05, 3.63) is 64.9 Å². The number of hydrogen-bond donors (Lipinski definition) is 2. The Kier molecular flexibility index (Phi) is 6.37. The number of rotatable bonds is 4. The molecule has 2 N–H and O–H groups in total. The molecule has 1 aromatic rings. The number of nitriles is 1. The molecule has 7 nitrogen and oxygen atoms in total. The highest BCUT2D eigenvalue weighted by atomic mass is 16.5. The lowest BCUT2D eigenvalue weighted by Crippen LogP contribution is -2.38. The van der Waals surface area contributed by atoms with E-state index < -0.39 is 0 Å². The number of hydrogen-bond acceptors (Lipinski definition) is 6. The van der Waals surface area contributed by atoms with Crippen molar-refractivity contribution in [2.24, 2.45) is 4.99 Å². The number of carbonyl (C=O) groups is 1. The Labute approximate surface area is 163 Å². The molecule has 1 amide bonds. The number of carbonyl (C=O) groups excluding carboxylic acids is 1. The first-order valence-electron chi connectivity index (χ1n) is 9.06. The van der Waals surface area contributed by atoms with Gasteiger partial charge < -0.3 is 20.1 Å². The summed E-state index contributed by atoms with van der Waals surface area (Å²) in [5.41, 5.74) is 3.75. The fourth-order valence-electron chi connectivity index (χ4n) is 3.15. The van der Waals surface area contributed by atoms with Gasteiger partial charge >= 0.3 is 0 Å². The number of anilines is 1. The van der Waals surface area contributed by atoms with E-state index in [0.29, 0.717) is 48.8 Å². The van der Waals surface area contributed by atoms with Crippen LogP contribution in [0.3, 0.4) is 0 Å². The van der Waals surface area contributed by atoms with Crippen LogP contribution < -0.4 is 10.2 Å². The first-order valence-corrected chi connectivity index (χ1v) is 9.06. The molecule has 7 heteroatoms. The van der Waals surface area contributed by atoms with Gasteiger partial charge in [0.1, 0.15) is 6.73 Å². The van der Waals surface area contributed by atoms with Gasteiger partial charge in [-0.3, -0.25) is 9.79 Å². The van der Waals surface area contributed by atoms with Crippen LogP contribution in [0.25, 0.3) is 0 Å². The Balaban J connectivity index is 1.87. The van der Waals surface area contributed by atoms with Crippen LogP contribution in [0.1, 0.15) is 22.8 Å². The number of ether oxygens (including phenoxy) is 1. The molecule has 144 valence electrons. The lowest BCUT2D eigenvalue weighted by Gasteiger charge is -2.30. The van der Waals surface area contributed by atoms with E-state index in [1.165, 1.54) is 0 Å². The number of aliphatic imine (C=N–C) groups is 1. The number of morpholine rings is 1. The van der Waals surface area contributed by atoms with Gasteiger partial charge in [-0.25, -0.2) is 0 Å². The van der Waals surface area contributed by atoms with Crippen LogP contribution in [-0.2, 0) is 4.74 Å². The Morgan fingerprint density at radius 1 is 1.39 bits per heavy atom. The summed E-state index contributed by atoms with van der Waals surface area (Å²) in [6.45, 7) is 4.16. The largest absolute Gasteiger partial charge is 0.378 e. The molecule has 1 aliphatic heterocycles. The lowest BCUT2D eigenvalue weighted by molar-refractivity contribution is 0.0965. The predicted octanol–water partition coefficient (Wildman–Crippen LogP) is 1.92.